The van der Waals surface area contributed by atoms with Crippen LogP contribution >= 0.6 is 0 Å². The highest BCUT2D eigenvalue weighted by molar-refractivity contribution is 6.07. The Morgan fingerprint density at radius 2 is 1.11 bits per heavy atom. The number of benzene rings is 2. The summed E-state index contributed by atoms with van der Waals surface area (Å²) >= 11 is 0. The highest BCUT2D eigenvalue weighted by Gasteiger charge is 2.49. The fourth-order valence-corrected chi connectivity index (χ4v) is 5.82. The van der Waals surface area contributed by atoms with Gasteiger partial charge in [-0.3, -0.25) is 28.9 Å². The van der Waals surface area contributed by atoms with Gasteiger partial charge in [0.05, 0.1) is 26.1 Å². The first-order chi connectivity index (χ1) is 21.4. The van der Waals surface area contributed by atoms with Crippen LogP contribution in [-0.2, 0) is 38.2 Å². The molecule has 340 valence electrons. The molecule has 0 spiro atoms. The monoisotopic (exact) mass is 816 g/mol. The number of esters is 2. The molecule has 0 aliphatic carbocycles. The molecule has 3 amide bonds. The van der Waals surface area contributed by atoms with E-state index in [1.165, 1.54) is 21.1 Å². The summed E-state index contributed by atoms with van der Waals surface area (Å²) in [4.78, 5) is 72.4. The van der Waals surface area contributed by atoms with Crippen molar-refractivity contribution < 1.29 is 43.3 Å². The van der Waals surface area contributed by atoms with Gasteiger partial charge in [0.2, 0.25) is 17.7 Å². The van der Waals surface area contributed by atoms with Gasteiger partial charge in [0.25, 0.3) is 0 Å². The summed E-state index contributed by atoms with van der Waals surface area (Å²) in [6.07, 6.45) is 1.34. The van der Waals surface area contributed by atoms with Crippen LogP contribution in [0, 0.1) is 23.7 Å². The summed E-state index contributed by atoms with van der Waals surface area (Å²) in [6.45, 7) is 6.50. The largest absolute Gasteiger partial charge is 0.550 e. The molecule has 11 heteroatoms. The van der Waals surface area contributed by atoms with Crippen molar-refractivity contribution in [2.75, 3.05) is 27.3 Å². The number of imide groups is 1. The van der Waals surface area contributed by atoms with Crippen molar-refractivity contribution in [2.45, 2.75) is 141 Å². The zero-order valence-corrected chi connectivity index (χ0v) is 26.7. The fraction of sp³-hybridized carbons (Fsp3) is 0.609. The summed E-state index contributed by atoms with van der Waals surface area (Å²) in [5.41, 5.74) is 1.92. The summed E-state index contributed by atoms with van der Waals surface area (Å²) in [6, 6.07) is 19.0. The summed E-state index contributed by atoms with van der Waals surface area (Å²) in [5, 5.41) is 13.8. The fourth-order valence-electron chi connectivity index (χ4n) is 5.82. The van der Waals surface area contributed by atoms with Gasteiger partial charge in [-0.05, 0) is 35.8 Å². The van der Waals surface area contributed by atoms with Crippen molar-refractivity contribution in [3.63, 3.8) is 0 Å². The van der Waals surface area contributed by atoms with E-state index in [1.807, 2.05) is 74.5 Å². The Morgan fingerprint density at radius 3 is 1.47 bits per heavy atom. The molecule has 1 fully saturated rings. The first kappa shape index (κ1) is 80.8. The first-order valence-corrected chi connectivity index (χ1v) is 15.0. The second-order valence-corrected chi connectivity index (χ2v) is 10.9. The minimum absolute atomic E-state index is 0. The third-order valence-corrected chi connectivity index (χ3v) is 8.31. The molecule has 6 unspecified atom stereocenters. The molecule has 0 aromatic heterocycles. The second kappa shape index (κ2) is 39.7. The molecular weight excluding hydrogens is 725 g/mol. The van der Waals surface area contributed by atoms with Crippen LogP contribution in [-0.4, -0.2) is 67.8 Å². The molecule has 1 N–H and O–H groups in total. The Kier molecular flexibility index (Phi) is 56.3. The standard InChI is InChI=1S/C17H23NO5.C17H21NO4.12CH4/c1-4-13(12-8-6-5-7-9-12)15(11(2)17(21)22)16(20)18-10-14(19)23-3;1-4-13(12-8-6-5-7-9-12)15-11(2)16(20)18(17(15)21)10-14(19)22-3;;;;;;;;;;;;/h5-9,11,13,15H,4,10H2,1-3H3,(H,18,20)(H,21,22);5-9,11,13,15H,4,10H2,1-3H3;12*1H4/p-1. The molecule has 1 heterocycles. The Labute approximate surface area is 352 Å². The number of nitrogens with one attached hydrogen (secondary N) is 1. The Morgan fingerprint density at radius 1 is 0.684 bits per heavy atom. The summed E-state index contributed by atoms with van der Waals surface area (Å²) in [7, 11) is 2.46. The van der Waals surface area contributed by atoms with E-state index in [1.54, 1.807) is 6.92 Å². The average molecular weight is 816 g/mol. The number of amides is 3. The van der Waals surface area contributed by atoms with Crippen molar-refractivity contribution in [3.8, 4) is 0 Å². The number of ether oxygens (including phenoxy) is 2. The Balaban J connectivity index is -0.0000000682. The number of carbonyl (C=O) groups excluding carboxylic acids is 6. The maximum Gasteiger partial charge on any atom is 0.325 e. The van der Waals surface area contributed by atoms with Gasteiger partial charge in [-0.2, -0.15) is 0 Å². The topological polar surface area (TPSA) is 159 Å². The number of likely N-dealkylation sites (tertiary alicyclic amines) is 1. The highest BCUT2D eigenvalue weighted by Crippen LogP contribution is 2.39. The molecule has 1 saturated heterocycles. The highest BCUT2D eigenvalue weighted by atomic mass is 16.5. The van der Waals surface area contributed by atoms with E-state index in [0.717, 1.165) is 22.4 Å². The number of rotatable bonds is 13. The number of nitrogens with zero attached hydrogens (tertiary/aromatic N) is 1. The molecule has 1 aliphatic heterocycles. The lowest BCUT2D eigenvalue weighted by Crippen LogP contribution is -2.45. The van der Waals surface area contributed by atoms with Crippen LogP contribution in [0.15, 0.2) is 60.7 Å². The van der Waals surface area contributed by atoms with Gasteiger partial charge < -0.3 is 24.7 Å². The maximum atomic E-state index is 12.6. The molecule has 3 rings (SSSR count). The van der Waals surface area contributed by atoms with Crippen molar-refractivity contribution in [1.29, 1.82) is 0 Å². The third-order valence-electron chi connectivity index (χ3n) is 8.31. The molecule has 0 radical (unpaired) electrons. The van der Waals surface area contributed by atoms with Crippen LogP contribution in [0.3, 0.4) is 0 Å². The van der Waals surface area contributed by atoms with Crippen LogP contribution in [0.1, 0.15) is 153 Å². The smallest absolute Gasteiger partial charge is 0.325 e. The van der Waals surface area contributed by atoms with E-state index >= 15 is 0 Å². The van der Waals surface area contributed by atoms with Crippen LogP contribution in [0.2, 0.25) is 0 Å². The third kappa shape index (κ3) is 21.5. The molecule has 0 bridgehead atoms. The number of carbonyl (C=O) groups is 6. The normalized spacial score (nSPS) is 14.6. The minimum atomic E-state index is -1.29. The molecule has 1 aliphatic rings. The van der Waals surface area contributed by atoms with Gasteiger partial charge in [0.1, 0.15) is 13.1 Å². The van der Waals surface area contributed by atoms with Crippen LogP contribution in [0.25, 0.3) is 0 Å². The van der Waals surface area contributed by atoms with Gasteiger partial charge in [0.15, 0.2) is 0 Å². The van der Waals surface area contributed by atoms with Crippen molar-refractivity contribution in [2.24, 2.45) is 23.7 Å². The van der Waals surface area contributed by atoms with E-state index in [4.69, 9.17) is 0 Å². The zero-order chi connectivity index (χ0) is 33.7. The van der Waals surface area contributed by atoms with E-state index < -0.39 is 47.5 Å². The summed E-state index contributed by atoms with van der Waals surface area (Å²) in [5.74, 6) is -6.54. The number of hydrogen-bond donors (Lipinski definition) is 1. The lowest BCUT2D eigenvalue weighted by molar-refractivity contribution is -0.312. The zero-order valence-electron chi connectivity index (χ0n) is 26.7. The van der Waals surface area contributed by atoms with E-state index in [0.29, 0.717) is 6.42 Å². The van der Waals surface area contributed by atoms with E-state index in [2.05, 4.69) is 14.8 Å². The molecule has 0 saturated carbocycles. The van der Waals surface area contributed by atoms with Crippen molar-refractivity contribution in [3.05, 3.63) is 71.8 Å². The molecule has 2 aromatic carbocycles. The second-order valence-electron chi connectivity index (χ2n) is 10.9. The lowest BCUT2D eigenvalue weighted by Gasteiger charge is -2.31. The Hall–Kier alpha value is -4.54. The molecule has 57 heavy (non-hydrogen) atoms. The van der Waals surface area contributed by atoms with Crippen LogP contribution < -0.4 is 10.4 Å². The number of aliphatic carboxylic acids is 1. The van der Waals surface area contributed by atoms with E-state index in [9.17, 15) is 33.9 Å². The minimum Gasteiger partial charge on any atom is -0.550 e. The quantitative estimate of drug-likeness (QED) is 0.153. The first-order valence-electron chi connectivity index (χ1n) is 15.0. The van der Waals surface area contributed by atoms with E-state index in [-0.39, 0.29) is 126 Å². The molecule has 6 atom stereocenters. The predicted octanol–water partition coefficient (Wildman–Crippen LogP) is 10.1. The van der Waals surface area contributed by atoms with Crippen molar-refractivity contribution >= 4 is 35.6 Å². The Bertz CT molecular complexity index is 1320. The van der Waals surface area contributed by atoms with Crippen molar-refractivity contribution in [1.82, 2.24) is 10.2 Å². The van der Waals surface area contributed by atoms with Gasteiger partial charge in [0, 0.05) is 17.8 Å². The number of hydrogen-bond acceptors (Lipinski definition) is 9. The summed E-state index contributed by atoms with van der Waals surface area (Å²) < 4.78 is 9.04. The predicted molar refractivity (Wildman–Crippen MR) is 244 cm³/mol. The molecule has 2 aromatic rings. The van der Waals surface area contributed by atoms with Crippen LogP contribution in [0.4, 0.5) is 0 Å². The van der Waals surface area contributed by atoms with Gasteiger partial charge >= 0.3 is 11.9 Å². The van der Waals surface area contributed by atoms with Crippen LogP contribution in [0.5, 0.6) is 0 Å². The van der Waals surface area contributed by atoms with Gasteiger partial charge in [-0.1, -0.05) is 177 Å². The number of carboxylic acids is 1. The van der Waals surface area contributed by atoms with Gasteiger partial charge in [-0.15, -0.1) is 0 Å². The number of carboxylic acid groups (broad SMARTS) is 1. The SMILES string of the molecule is C.C.C.C.C.C.C.C.C.C.C.C.CCC(c1ccccc1)C(C(=O)NCC(=O)OC)C(C)C(=O)[O-].CCC(c1ccccc1)C1C(=O)N(CC(=O)OC)C(=O)C1C. The van der Waals surface area contributed by atoms with Gasteiger partial charge in [-0.25, -0.2) is 0 Å². The maximum absolute atomic E-state index is 12.6. The average Bonchev–Trinajstić information content (AvgIpc) is 3.26. The number of methoxy groups -OCH3 is 2. The molecule has 11 nitrogen and oxygen atoms in total. The lowest BCUT2D eigenvalue weighted by atomic mass is 9.76. The molecular formula is C46H91N2O9-.